The van der Waals surface area contributed by atoms with Crippen LogP contribution in [0.15, 0.2) is 24.3 Å². The van der Waals surface area contributed by atoms with E-state index < -0.39 is 0 Å². The fourth-order valence-corrected chi connectivity index (χ4v) is 2.20. The summed E-state index contributed by atoms with van der Waals surface area (Å²) in [6.07, 6.45) is 7.32. The fourth-order valence-electron chi connectivity index (χ4n) is 2.20. The van der Waals surface area contributed by atoms with Gasteiger partial charge in [-0.25, -0.2) is 0 Å². The zero-order valence-electron chi connectivity index (χ0n) is 10.4. The molecule has 0 unspecified atom stereocenters. The van der Waals surface area contributed by atoms with Gasteiger partial charge in [0.25, 0.3) is 0 Å². The van der Waals surface area contributed by atoms with E-state index in [0.29, 0.717) is 12.5 Å². The molecule has 90 valence electrons. The molecule has 0 heterocycles. The lowest BCUT2D eigenvalue weighted by Gasteiger charge is -2.42. The van der Waals surface area contributed by atoms with Crippen molar-refractivity contribution in [3.63, 3.8) is 0 Å². The first-order valence-corrected chi connectivity index (χ1v) is 5.88. The fraction of sp³-hybridized carbons (Fsp3) is 0.467. The SMILES string of the molecule is C#CC1CC(C)(OCc2ccc(OC)cc2)C1. The summed E-state index contributed by atoms with van der Waals surface area (Å²) < 4.78 is 11.0. The number of terminal acetylenes is 1. The summed E-state index contributed by atoms with van der Waals surface area (Å²) in [6, 6.07) is 7.96. The van der Waals surface area contributed by atoms with Gasteiger partial charge in [-0.3, -0.25) is 0 Å². The molecule has 1 aromatic carbocycles. The van der Waals surface area contributed by atoms with Gasteiger partial charge < -0.3 is 9.47 Å². The summed E-state index contributed by atoms with van der Waals surface area (Å²) in [5, 5.41) is 0. The molecule has 0 N–H and O–H groups in total. The van der Waals surface area contributed by atoms with E-state index in [0.717, 1.165) is 24.2 Å². The molecule has 0 aromatic heterocycles. The summed E-state index contributed by atoms with van der Waals surface area (Å²) in [7, 11) is 1.67. The minimum Gasteiger partial charge on any atom is -0.497 e. The zero-order valence-corrected chi connectivity index (χ0v) is 10.4. The summed E-state index contributed by atoms with van der Waals surface area (Å²) in [5.74, 6) is 4.04. The van der Waals surface area contributed by atoms with Gasteiger partial charge in [0, 0.05) is 5.92 Å². The van der Waals surface area contributed by atoms with Gasteiger partial charge in [0.15, 0.2) is 0 Å². The van der Waals surface area contributed by atoms with Gasteiger partial charge in [-0.1, -0.05) is 12.1 Å². The number of methoxy groups -OCH3 is 1. The van der Waals surface area contributed by atoms with Crippen molar-refractivity contribution >= 4 is 0 Å². The highest BCUT2D eigenvalue weighted by molar-refractivity contribution is 5.26. The van der Waals surface area contributed by atoms with E-state index in [9.17, 15) is 0 Å². The lowest BCUT2D eigenvalue weighted by atomic mass is 9.72. The van der Waals surface area contributed by atoms with Crippen LogP contribution in [-0.2, 0) is 11.3 Å². The van der Waals surface area contributed by atoms with Gasteiger partial charge in [-0.15, -0.1) is 12.3 Å². The molecule has 1 saturated carbocycles. The van der Waals surface area contributed by atoms with E-state index in [4.69, 9.17) is 15.9 Å². The maximum atomic E-state index is 5.92. The molecule has 0 spiro atoms. The topological polar surface area (TPSA) is 18.5 Å². The van der Waals surface area contributed by atoms with Crippen molar-refractivity contribution in [1.82, 2.24) is 0 Å². The predicted molar refractivity (Wildman–Crippen MR) is 67.7 cm³/mol. The van der Waals surface area contributed by atoms with E-state index >= 15 is 0 Å². The Labute approximate surface area is 103 Å². The first-order chi connectivity index (χ1) is 8.15. The van der Waals surface area contributed by atoms with Gasteiger partial charge in [-0.05, 0) is 37.5 Å². The van der Waals surface area contributed by atoms with Crippen LogP contribution in [0, 0.1) is 18.3 Å². The van der Waals surface area contributed by atoms with E-state index in [-0.39, 0.29) is 5.60 Å². The first-order valence-electron chi connectivity index (χ1n) is 5.88. The number of hydrogen-bond donors (Lipinski definition) is 0. The zero-order chi connectivity index (χ0) is 12.3. The standard InChI is InChI=1S/C15H18O2/c1-4-12-9-15(2,10-12)17-11-13-5-7-14(16-3)8-6-13/h1,5-8,12H,9-11H2,2-3H3. The quantitative estimate of drug-likeness (QED) is 0.740. The van der Waals surface area contributed by atoms with Crippen molar-refractivity contribution < 1.29 is 9.47 Å². The second-order valence-corrected chi connectivity index (χ2v) is 4.86. The van der Waals surface area contributed by atoms with Crippen molar-refractivity contribution in [3.05, 3.63) is 29.8 Å². The molecule has 2 nitrogen and oxygen atoms in total. The van der Waals surface area contributed by atoms with E-state index in [2.05, 4.69) is 12.8 Å². The normalized spacial score (nSPS) is 27.0. The molecular weight excluding hydrogens is 212 g/mol. The molecule has 0 saturated heterocycles. The van der Waals surface area contributed by atoms with Crippen LogP contribution in [0.4, 0.5) is 0 Å². The average molecular weight is 230 g/mol. The molecule has 1 aromatic rings. The minimum atomic E-state index is -0.0308. The Hall–Kier alpha value is -1.46. The highest BCUT2D eigenvalue weighted by atomic mass is 16.5. The van der Waals surface area contributed by atoms with Crippen LogP contribution in [0.25, 0.3) is 0 Å². The second-order valence-electron chi connectivity index (χ2n) is 4.86. The van der Waals surface area contributed by atoms with Crippen LogP contribution in [0.3, 0.4) is 0 Å². The van der Waals surface area contributed by atoms with E-state index in [1.807, 2.05) is 24.3 Å². The Morgan fingerprint density at radius 2 is 2.00 bits per heavy atom. The molecule has 0 atom stereocenters. The van der Waals surface area contributed by atoms with Gasteiger partial charge >= 0.3 is 0 Å². The third-order valence-corrected chi connectivity index (χ3v) is 3.34. The molecule has 0 amide bonds. The largest absolute Gasteiger partial charge is 0.497 e. The minimum absolute atomic E-state index is 0.0308. The second kappa shape index (κ2) is 4.81. The molecule has 0 aliphatic heterocycles. The van der Waals surface area contributed by atoms with Crippen molar-refractivity contribution in [1.29, 1.82) is 0 Å². The smallest absolute Gasteiger partial charge is 0.118 e. The van der Waals surface area contributed by atoms with Crippen LogP contribution in [-0.4, -0.2) is 12.7 Å². The monoisotopic (exact) mass is 230 g/mol. The maximum Gasteiger partial charge on any atom is 0.118 e. The van der Waals surface area contributed by atoms with Gasteiger partial charge in [0.05, 0.1) is 19.3 Å². The van der Waals surface area contributed by atoms with Crippen LogP contribution < -0.4 is 4.74 Å². The number of benzene rings is 1. The summed E-state index contributed by atoms with van der Waals surface area (Å²) in [5.41, 5.74) is 1.13. The summed E-state index contributed by atoms with van der Waals surface area (Å²) in [4.78, 5) is 0. The average Bonchev–Trinajstić information content (AvgIpc) is 2.33. The van der Waals surface area contributed by atoms with Gasteiger partial charge in [-0.2, -0.15) is 0 Å². The Bertz CT molecular complexity index is 408. The van der Waals surface area contributed by atoms with Crippen molar-refractivity contribution in [2.24, 2.45) is 5.92 Å². The molecular formula is C15H18O2. The van der Waals surface area contributed by atoms with Crippen molar-refractivity contribution in [3.8, 4) is 18.1 Å². The number of ether oxygens (including phenoxy) is 2. The number of hydrogen-bond acceptors (Lipinski definition) is 2. The molecule has 17 heavy (non-hydrogen) atoms. The van der Waals surface area contributed by atoms with Crippen molar-refractivity contribution in [2.45, 2.75) is 32.0 Å². The van der Waals surface area contributed by atoms with Crippen LogP contribution in [0.1, 0.15) is 25.3 Å². The Balaban J connectivity index is 1.84. The van der Waals surface area contributed by atoms with Crippen molar-refractivity contribution in [2.75, 3.05) is 7.11 Å². The molecule has 0 bridgehead atoms. The lowest BCUT2D eigenvalue weighted by Crippen LogP contribution is -2.42. The molecule has 0 radical (unpaired) electrons. The first kappa shape index (κ1) is 12.0. The van der Waals surface area contributed by atoms with Crippen LogP contribution >= 0.6 is 0 Å². The third-order valence-electron chi connectivity index (χ3n) is 3.34. The van der Waals surface area contributed by atoms with Crippen LogP contribution in [0.2, 0.25) is 0 Å². The highest BCUT2D eigenvalue weighted by Gasteiger charge is 2.40. The summed E-state index contributed by atoms with van der Waals surface area (Å²) >= 11 is 0. The Kier molecular flexibility index (Phi) is 3.40. The van der Waals surface area contributed by atoms with E-state index in [1.165, 1.54) is 0 Å². The van der Waals surface area contributed by atoms with Gasteiger partial charge in [0.1, 0.15) is 5.75 Å². The Morgan fingerprint density at radius 1 is 1.35 bits per heavy atom. The molecule has 1 aliphatic carbocycles. The molecule has 2 heteroatoms. The lowest BCUT2D eigenvalue weighted by molar-refractivity contribution is -0.112. The molecule has 2 rings (SSSR count). The Morgan fingerprint density at radius 3 is 2.53 bits per heavy atom. The number of rotatable bonds is 4. The predicted octanol–water partition coefficient (Wildman–Crippen LogP) is 3.01. The van der Waals surface area contributed by atoms with Crippen LogP contribution in [0.5, 0.6) is 5.75 Å². The summed E-state index contributed by atoms with van der Waals surface area (Å²) in [6.45, 7) is 2.77. The van der Waals surface area contributed by atoms with E-state index in [1.54, 1.807) is 7.11 Å². The third kappa shape index (κ3) is 2.81. The maximum absolute atomic E-state index is 5.92. The molecule has 1 fully saturated rings. The highest BCUT2D eigenvalue weighted by Crippen LogP contribution is 2.40. The molecule has 1 aliphatic rings. The van der Waals surface area contributed by atoms with Gasteiger partial charge in [0.2, 0.25) is 0 Å².